The van der Waals surface area contributed by atoms with Gasteiger partial charge in [-0.2, -0.15) is 0 Å². The first kappa shape index (κ1) is 20.8. The smallest absolute Gasteiger partial charge is 0.251 e. The van der Waals surface area contributed by atoms with Crippen LogP contribution < -0.4 is 10.1 Å². The number of phenols is 1. The van der Waals surface area contributed by atoms with Crippen LogP contribution in [0.25, 0.3) is 0 Å². The number of carbonyl (C=O) groups is 1. The molecule has 0 aromatic heterocycles. The number of amides is 1. The third-order valence-electron chi connectivity index (χ3n) is 4.59. The van der Waals surface area contributed by atoms with Crippen molar-refractivity contribution in [2.24, 2.45) is 0 Å². The summed E-state index contributed by atoms with van der Waals surface area (Å²) in [6.45, 7) is 12.9. The van der Waals surface area contributed by atoms with E-state index in [1.807, 2.05) is 12.1 Å². The predicted molar refractivity (Wildman–Crippen MR) is 110 cm³/mol. The van der Waals surface area contributed by atoms with E-state index in [4.69, 9.17) is 4.74 Å². The summed E-state index contributed by atoms with van der Waals surface area (Å²) >= 11 is 0. The molecule has 0 spiro atoms. The lowest BCUT2D eigenvalue weighted by Crippen LogP contribution is -2.24. The number of hydrogen-bond acceptors (Lipinski definition) is 3. The summed E-state index contributed by atoms with van der Waals surface area (Å²) in [6.07, 6.45) is 0. The molecule has 0 atom stereocenters. The van der Waals surface area contributed by atoms with Crippen molar-refractivity contribution in [2.75, 3.05) is 7.11 Å². The summed E-state index contributed by atoms with van der Waals surface area (Å²) in [4.78, 5) is 12.4. The number of hydrogen-bond donors (Lipinski definition) is 2. The Morgan fingerprint density at radius 1 is 0.963 bits per heavy atom. The molecule has 4 nitrogen and oxygen atoms in total. The van der Waals surface area contributed by atoms with Gasteiger partial charge in [-0.15, -0.1) is 0 Å². The van der Waals surface area contributed by atoms with E-state index in [-0.39, 0.29) is 16.7 Å². The lowest BCUT2D eigenvalue weighted by Gasteiger charge is -2.28. The lowest BCUT2D eigenvalue weighted by molar-refractivity contribution is 0.0951. The minimum Gasteiger partial charge on any atom is -0.507 e. The first-order valence-electron chi connectivity index (χ1n) is 9.22. The molecule has 2 aromatic carbocycles. The summed E-state index contributed by atoms with van der Waals surface area (Å²) in [6, 6.07) is 11.0. The average Bonchev–Trinajstić information content (AvgIpc) is 2.58. The Morgan fingerprint density at radius 3 is 1.85 bits per heavy atom. The number of ether oxygens (including phenoxy) is 1. The second-order valence-electron chi connectivity index (χ2n) is 8.95. The van der Waals surface area contributed by atoms with Crippen LogP contribution in [-0.4, -0.2) is 18.1 Å². The van der Waals surface area contributed by atoms with Gasteiger partial charge >= 0.3 is 0 Å². The van der Waals surface area contributed by atoms with Crippen LogP contribution in [0.4, 0.5) is 0 Å². The highest BCUT2D eigenvalue weighted by Crippen LogP contribution is 2.39. The number of benzene rings is 2. The Hall–Kier alpha value is -2.49. The topological polar surface area (TPSA) is 58.6 Å². The van der Waals surface area contributed by atoms with Crippen molar-refractivity contribution in [3.8, 4) is 11.5 Å². The number of nitrogens with one attached hydrogen (secondary N) is 1. The molecule has 2 rings (SSSR count). The minimum atomic E-state index is -0.194. The van der Waals surface area contributed by atoms with Gasteiger partial charge in [-0.3, -0.25) is 4.79 Å². The molecule has 0 heterocycles. The fourth-order valence-corrected chi connectivity index (χ4v) is 2.97. The molecule has 2 aromatic rings. The van der Waals surface area contributed by atoms with Gasteiger partial charge in [0.15, 0.2) is 0 Å². The molecule has 0 aliphatic carbocycles. The SMILES string of the molecule is COc1ccc(C(=O)NCc2cc(C(C)(C)C)c(O)c(C(C)(C)C)c2)cc1. The van der Waals surface area contributed by atoms with Crippen LogP contribution in [0.15, 0.2) is 36.4 Å². The molecule has 146 valence electrons. The molecule has 27 heavy (non-hydrogen) atoms. The van der Waals surface area contributed by atoms with Crippen LogP contribution >= 0.6 is 0 Å². The number of phenolic OH excluding ortho intramolecular Hbond substituents is 1. The molecule has 0 aliphatic rings. The number of carbonyl (C=O) groups excluding carboxylic acids is 1. The maximum absolute atomic E-state index is 12.4. The highest BCUT2D eigenvalue weighted by Gasteiger charge is 2.26. The molecular formula is C23H31NO3. The Morgan fingerprint density at radius 2 is 1.44 bits per heavy atom. The van der Waals surface area contributed by atoms with Gasteiger partial charge in [0.05, 0.1) is 7.11 Å². The van der Waals surface area contributed by atoms with Crippen LogP contribution in [0.2, 0.25) is 0 Å². The average molecular weight is 370 g/mol. The van der Waals surface area contributed by atoms with Gasteiger partial charge in [-0.1, -0.05) is 41.5 Å². The van der Waals surface area contributed by atoms with Crippen LogP contribution in [0, 0.1) is 0 Å². The number of aromatic hydroxyl groups is 1. The molecule has 0 aliphatic heterocycles. The van der Waals surface area contributed by atoms with Gasteiger partial charge in [0, 0.05) is 12.1 Å². The second kappa shape index (κ2) is 7.63. The maximum Gasteiger partial charge on any atom is 0.251 e. The maximum atomic E-state index is 12.4. The van der Waals surface area contributed by atoms with Crippen molar-refractivity contribution in [1.29, 1.82) is 0 Å². The van der Waals surface area contributed by atoms with Crippen molar-refractivity contribution in [2.45, 2.75) is 58.9 Å². The molecule has 4 heteroatoms. The Labute approximate surface area is 162 Å². The summed E-state index contributed by atoms with van der Waals surface area (Å²) < 4.78 is 5.12. The molecule has 0 fully saturated rings. The number of methoxy groups -OCH3 is 1. The van der Waals surface area contributed by atoms with Crippen molar-refractivity contribution < 1.29 is 14.6 Å². The monoisotopic (exact) mass is 369 g/mol. The van der Waals surface area contributed by atoms with E-state index in [0.717, 1.165) is 22.4 Å². The molecule has 1 amide bonds. The van der Waals surface area contributed by atoms with E-state index in [2.05, 4.69) is 46.9 Å². The molecule has 0 unspecified atom stereocenters. The van der Waals surface area contributed by atoms with E-state index < -0.39 is 0 Å². The Kier molecular flexibility index (Phi) is 5.88. The fourth-order valence-electron chi connectivity index (χ4n) is 2.97. The number of rotatable bonds is 4. The van der Waals surface area contributed by atoms with Crippen molar-refractivity contribution in [3.63, 3.8) is 0 Å². The van der Waals surface area contributed by atoms with Gasteiger partial charge in [0.2, 0.25) is 0 Å². The van der Waals surface area contributed by atoms with Crippen LogP contribution in [0.5, 0.6) is 11.5 Å². The summed E-state index contributed by atoms with van der Waals surface area (Å²) in [5.74, 6) is 0.926. The van der Waals surface area contributed by atoms with Gasteiger partial charge in [0.25, 0.3) is 5.91 Å². The summed E-state index contributed by atoms with van der Waals surface area (Å²) in [5.41, 5.74) is 2.96. The largest absolute Gasteiger partial charge is 0.507 e. The summed E-state index contributed by atoms with van der Waals surface area (Å²) in [5, 5.41) is 13.8. The highest BCUT2D eigenvalue weighted by atomic mass is 16.5. The molecule has 0 bridgehead atoms. The zero-order valence-electron chi connectivity index (χ0n) is 17.4. The fraction of sp³-hybridized carbons (Fsp3) is 0.435. The van der Waals surface area contributed by atoms with Crippen LogP contribution in [0.1, 0.15) is 68.6 Å². The van der Waals surface area contributed by atoms with Gasteiger partial charge < -0.3 is 15.2 Å². The van der Waals surface area contributed by atoms with Gasteiger partial charge in [-0.05, 0) is 63.9 Å². The molecule has 0 saturated carbocycles. The summed E-state index contributed by atoms with van der Waals surface area (Å²) in [7, 11) is 1.60. The predicted octanol–water partition coefficient (Wildman–Crippen LogP) is 4.93. The first-order chi connectivity index (χ1) is 12.4. The normalized spacial score (nSPS) is 12.0. The van der Waals surface area contributed by atoms with Crippen molar-refractivity contribution in [1.82, 2.24) is 5.32 Å². The molecule has 0 radical (unpaired) electrons. The molecule has 0 saturated heterocycles. The van der Waals surface area contributed by atoms with Crippen LogP contribution in [0.3, 0.4) is 0 Å². The Bertz CT molecular complexity index is 774. The molecule has 2 N–H and O–H groups in total. The van der Waals surface area contributed by atoms with E-state index >= 15 is 0 Å². The quantitative estimate of drug-likeness (QED) is 0.804. The zero-order valence-corrected chi connectivity index (χ0v) is 17.4. The Balaban J connectivity index is 2.28. The van der Waals surface area contributed by atoms with E-state index in [1.54, 1.807) is 31.4 Å². The van der Waals surface area contributed by atoms with Gasteiger partial charge in [0.1, 0.15) is 11.5 Å². The van der Waals surface area contributed by atoms with Crippen molar-refractivity contribution in [3.05, 3.63) is 58.7 Å². The third kappa shape index (κ3) is 5.03. The zero-order chi connectivity index (χ0) is 20.4. The second-order valence-corrected chi connectivity index (χ2v) is 8.95. The molecular weight excluding hydrogens is 338 g/mol. The lowest BCUT2D eigenvalue weighted by atomic mass is 9.78. The van der Waals surface area contributed by atoms with E-state index in [0.29, 0.717) is 17.9 Å². The first-order valence-corrected chi connectivity index (χ1v) is 9.22. The highest BCUT2D eigenvalue weighted by molar-refractivity contribution is 5.94. The van der Waals surface area contributed by atoms with E-state index in [9.17, 15) is 9.90 Å². The van der Waals surface area contributed by atoms with E-state index in [1.165, 1.54) is 0 Å². The van der Waals surface area contributed by atoms with Crippen molar-refractivity contribution >= 4 is 5.91 Å². The van der Waals surface area contributed by atoms with Crippen LogP contribution in [-0.2, 0) is 17.4 Å². The third-order valence-corrected chi connectivity index (χ3v) is 4.59. The standard InChI is InChI=1S/C23H31NO3/c1-22(2,3)18-12-15(13-19(20(18)25)23(4,5)6)14-24-21(26)16-8-10-17(27-7)11-9-16/h8-13,25H,14H2,1-7H3,(H,24,26). The minimum absolute atomic E-state index is 0.139. The van der Waals surface area contributed by atoms with Gasteiger partial charge in [-0.25, -0.2) is 0 Å².